The molecule has 1 aliphatic rings. The summed E-state index contributed by atoms with van der Waals surface area (Å²) < 4.78 is 5.21. The van der Waals surface area contributed by atoms with Crippen LogP contribution in [0.1, 0.15) is 41.0 Å². The second-order valence-corrected chi connectivity index (χ2v) is 3.11. The van der Waals surface area contributed by atoms with E-state index in [4.69, 9.17) is 4.74 Å². The fourth-order valence-electron chi connectivity index (χ4n) is 0.810. The summed E-state index contributed by atoms with van der Waals surface area (Å²) in [6.07, 6.45) is 1.25. The van der Waals surface area contributed by atoms with Crippen LogP contribution < -0.4 is 0 Å². The average Bonchev–Trinajstić information content (AvgIpc) is 2.15. The summed E-state index contributed by atoms with van der Waals surface area (Å²) in [5, 5.41) is 0. The first-order valence-corrected chi connectivity index (χ1v) is 5.50. The molecule has 0 aliphatic carbocycles. The first kappa shape index (κ1) is 15.4. The number of hydrogen-bond acceptors (Lipinski definition) is 2. The van der Waals surface area contributed by atoms with E-state index in [-0.39, 0.29) is 0 Å². The molecule has 0 bridgehead atoms. The molecule has 0 spiro atoms. The van der Waals surface area contributed by atoms with Crippen LogP contribution >= 0.6 is 0 Å². The zero-order chi connectivity index (χ0) is 10.7. The van der Waals surface area contributed by atoms with E-state index in [1.807, 2.05) is 13.8 Å². The minimum absolute atomic E-state index is 0.615. The fourth-order valence-corrected chi connectivity index (χ4v) is 0.810. The topological polar surface area (TPSA) is 12.5 Å². The summed E-state index contributed by atoms with van der Waals surface area (Å²) in [4.78, 5) is 2.31. The van der Waals surface area contributed by atoms with E-state index in [0.29, 0.717) is 6.04 Å². The molecular formula is C11H27NO. The number of hydrogen-bond donors (Lipinski definition) is 0. The molecule has 1 saturated heterocycles. The van der Waals surface area contributed by atoms with Crippen LogP contribution in [0.25, 0.3) is 0 Å². The smallest absolute Gasteiger partial charge is 0.0619 e. The van der Waals surface area contributed by atoms with Crippen LogP contribution in [0.4, 0.5) is 0 Å². The summed E-state index contributed by atoms with van der Waals surface area (Å²) in [6.45, 7) is 13.3. The maximum Gasteiger partial charge on any atom is 0.0619 e. The number of morpholine rings is 1. The standard InChI is InChI=1S/C6H13NO.C3H8.C2H6/c1-6-5-8-4-3-7(6)2;1-3-2;1-2/h6H,3-5H2,1-2H3;3H2,1-2H3;1-2H3. The lowest BCUT2D eigenvalue weighted by atomic mass is 10.3. The Kier molecular flexibility index (Phi) is 14.1. The molecule has 0 N–H and O–H groups in total. The van der Waals surface area contributed by atoms with Gasteiger partial charge in [-0.3, -0.25) is 4.90 Å². The Bertz CT molecular complexity index is 76.2. The molecule has 1 atom stereocenters. The van der Waals surface area contributed by atoms with Crippen molar-refractivity contribution in [1.82, 2.24) is 4.90 Å². The second-order valence-electron chi connectivity index (χ2n) is 3.11. The molecule has 1 rings (SSSR count). The molecule has 2 heteroatoms. The molecule has 0 saturated carbocycles. The highest BCUT2D eigenvalue weighted by atomic mass is 16.5. The van der Waals surface area contributed by atoms with Crippen LogP contribution in [-0.4, -0.2) is 37.7 Å². The van der Waals surface area contributed by atoms with E-state index in [1.54, 1.807) is 0 Å². The van der Waals surface area contributed by atoms with Crippen LogP contribution in [0.2, 0.25) is 0 Å². The lowest BCUT2D eigenvalue weighted by Crippen LogP contribution is -2.40. The SMILES string of the molecule is CC.CC1COCCN1C.CCC. The van der Waals surface area contributed by atoms with Gasteiger partial charge in [-0.2, -0.15) is 0 Å². The Morgan fingerprint density at radius 2 is 1.77 bits per heavy atom. The normalized spacial score (nSPS) is 22.2. The molecule has 1 unspecified atom stereocenters. The summed E-state index contributed by atoms with van der Waals surface area (Å²) >= 11 is 0. The van der Waals surface area contributed by atoms with Crippen LogP contribution in [0.5, 0.6) is 0 Å². The largest absolute Gasteiger partial charge is 0.379 e. The number of rotatable bonds is 0. The zero-order valence-electron chi connectivity index (χ0n) is 10.3. The Morgan fingerprint density at radius 1 is 1.31 bits per heavy atom. The van der Waals surface area contributed by atoms with Crippen molar-refractivity contribution < 1.29 is 4.74 Å². The third kappa shape index (κ3) is 9.84. The van der Waals surface area contributed by atoms with Crippen molar-refractivity contribution in [2.45, 2.75) is 47.1 Å². The van der Waals surface area contributed by atoms with Gasteiger partial charge < -0.3 is 4.74 Å². The molecule has 1 heterocycles. The second kappa shape index (κ2) is 11.9. The van der Waals surface area contributed by atoms with Gasteiger partial charge in [0.15, 0.2) is 0 Å². The maximum atomic E-state index is 5.21. The van der Waals surface area contributed by atoms with E-state index in [9.17, 15) is 0 Å². The van der Waals surface area contributed by atoms with E-state index in [1.165, 1.54) is 6.42 Å². The summed E-state index contributed by atoms with van der Waals surface area (Å²) in [5.41, 5.74) is 0. The predicted molar refractivity (Wildman–Crippen MR) is 60.2 cm³/mol. The Hall–Kier alpha value is -0.0800. The van der Waals surface area contributed by atoms with Crippen LogP contribution in [0, 0.1) is 0 Å². The van der Waals surface area contributed by atoms with Gasteiger partial charge in [-0.25, -0.2) is 0 Å². The third-order valence-electron chi connectivity index (χ3n) is 1.70. The maximum absolute atomic E-state index is 5.21. The molecule has 0 aromatic carbocycles. The highest BCUT2D eigenvalue weighted by Gasteiger charge is 2.12. The van der Waals surface area contributed by atoms with Gasteiger partial charge in [0.25, 0.3) is 0 Å². The molecule has 1 fully saturated rings. The van der Waals surface area contributed by atoms with E-state index in [0.717, 1.165) is 19.8 Å². The van der Waals surface area contributed by atoms with Gasteiger partial charge in [0.1, 0.15) is 0 Å². The van der Waals surface area contributed by atoms with Gasteiger partial charge in [-0.1, -0.05) is 34.1 Å². The van der Waals surface area contributed by atoms with E-state index in [2.05, 4.69) is 32.7 Å². The zero-order valence-corrected chi connectivity index (χ0v) is 10.3. The lowest BCUT2D eigenvalue weighted by Gasteiger charge is -2.29. The monoisotopic (exact) mass is 189 g/mol. The van der Waals surface area contributed by atoms with Crippen molar-refractivity contribution in [3.05, 3.63) is 0 Å². The number of nitrogens with zero attached hydrogens (tertiary/aromatic N) is 1. The molecule has 2 nitrogen and oxygen atoms in total. The molecule has 0 amide bonds. The molecule has 1 aliphatic heterocycles. The number of ether oxygens (including phenoxy) is 1. The van der Waals surface area contributed by atoms with Gasteiger partial charge in [0.2, 0.25) is 0 Å². The van der Waals surface area contributed by atoms with Gasteiger partial charge in [0, 0.05) is 12.6 Å². The highest BCUT2D eigenvalue weighted by molar-refractivity contribution is 4.65. The Labute approximate surface area is 84.3 Å². The minimum Gasteiger partial charge on any atom is -0.379 e. The first-order chi connectivity index (χ1) is 6.22. The Morgan fingerprint density at radius 3 is 2.00 bits per heavy atom. The fraction of sp³-hybridized carbons (Fsp3) is 1.00. The number of likely N-dealkylation sites (N-methyl/N-ethyl adjacent to an activating group) is 1. The van der Waals surface area contributed by atoms with Crippen LogP contribution in [0.15, 0.2) is 0 Å². The predicted octanol–water partition coefficient (Wildman–Crippen LogP) is 2.78. The van der Waals surface area contributed by atoms with E-state index >= 15 is 0 Å². The summed E-state index contributed by atoms with van der Waals surface area (Å²) in [6, 6.07) is 0.615. The van der Waals surface area contributed by atoms with Crippen molar-refractivity contribution in [1.29, 1.82) is 0 Å². The highest BCUT2D eigenvalue weighted by Crippen LogP contribution is 2.00. The average molecular weight is 189 g/mol. The molecule has 13 heavy (non-hydrogen) atoms. The van der Waals surface area contributed by atoms with Gasteiger partial charge in [-0.05, 0) is 14.0 Å². The summed E-state index contributed by atoms with van der Waals surface area (Å²) in [7, 11) is 2.13. The van der Waals surface area contributed by atoms with Gasteiger partial charge >= 0.3 is 0 Å². The lowest BCUT2D eigenvalue weighted by molar-refractivity contribution is 0.0131. The van der Waals surface area contributed by atoms with Crippen molar-refractivity contribution >= 4 is 0 Å². The van der Waals surface area contributed by atoms with Crippen LogP contribution in [-0.2, 0) is 4.74 Å². The first-order valence-electron chi connectivity index (χ1n) is 5.50. The van der Waals surface area contributed by atoms with Gasteiger partial charge in [-0.15, -0.1) is 0 Å². The Balaban J connectivity index is 0. The quantitative estimate of drug-likeness (QED) is 0.581. The van der Waals surface area contributed by atoms with E-state index < -0.39 is 0 Å². The van der Waals surface area contributed by atoms with Gasteiger partial charge in [0.05, 0.1) is 13.2 Å². The molecule has 82 valence electrons. The van der Waals surface area contributed by atoms with Crippen molar-refractivity contribution in [2.24, 2.45) is 0 Å². The molecule has 0 aromatic rings. The van der Waals surface area contributed by atoms with Crippen molar-refractivity contribution in [3.63, 3.8) is 0 Å². The summed E-state index contributed by atoms with van der Waals surface area (Å²) in [5.74, 6) is 0. The van der Waals surface area contributed by atoms with Crippen LogP contribution in [0.3, 0.4) is 0 Å². The minimum atomic E-state index is 0.615. The van der Waals surface area contributed by atoms with Crippen molar-refractivity contribution in [3.8, 4) is 0 Å². The van der Waals surface area contributed by atoms with Crippen molar-refractivity contribution in [2.75, 3.05) is 26.8 Å². The molecule has 0 radical (unpaired) electrons. The molecule has 0 aromatic heterocycles. The third-order valence-corrected chi connectivity index (χ3v) is 1.70. The molecular weight excluding hydrogens is 162 g/mol.